The lowest BCUT2D eigenvalue weighted by molar-refractivity contribution is 0.0600. The van der Waals surface area contributed by atoms with Crippen LogP contribution in [0.15, 0.2) is 18.2 Å². The van der Waals surface area contributed by atoms with E-state index in [1.54, 1.807) is 0 Å². The van der Waals surface area contributed by atoms with E-state index in [4.69, 9.17) is 16.3 Å². The van der Waals surface area contributed by atoms with E-state index in [-0.39, 0.29) is 5.97 Å². The molecule has 0 aliphatic heterocycles. The molecule has 2 rings (SSSR count). The number of carbonyl (C=O) groups excluding carboxylic acids is 1. The number of rotatable bonds is 4. The number of hydrogen-bond acceptors (Lipinski definition) is 2. The van der Waals surface area contributed by atoms with Gasteiger partial charge in [0, 0.05) is 5.88 Å². The molecule has 0 aromatic heterocycles. The third-order valence-electron chi connectivity index (χ3n) is 3.97. The monoisotopic (exact) mass is 280 g/mol. The molecule has 1 saturated carbocycles. The van der Waals surface area contributed by atoms with Gasteiger partial charge in [-0.05, 0) is 29.5 Å². The molecule has 3 heteroatoms. The Morgan fingerprint density at radius 1 is 1.32 bits per heavy atom. The quantitative estimate of drug-likeness (QED) is 0.606. The minimum absolute atomic E-state index is 0.306. The molecule has 0 saturated heterocycles. The fourth-order valence-electron chi connectivity index (χ4n) is 2.92. The Labute approximate surface area is 120 Å². The van der Waals surface area contributed by atoms with Gasteiger partial charge in [-0.1, -0.05) is 44.2 Å². The van der Waals surface area contributed by atoms with Crippen LogP contribution in [-0.2, 0) is 17.0 Å². The minimum atomic E-state index is -0.306. The molecule has 1 aliphatic carbocycles. The van der Waals surface area contributed by atoms with Crippen LogP contribution in [0.4, 0.5) is 0 Å². The third kappa shape index (κ3) is 3.73. The average molecular weight is 281 g/mol. The van der Waals surface area contributed by atoms with Crippen molar-refractivity contribution in [2.45, 2.75) is 44.4 Å². The number of carbonyl (C=O) groups is 1. The predicted molar refractivity (Wildman–Crippen MR) is 77.6 cm³/mol. The second-order valence-electron chi connectivity index (χ2n) is 5.32. The summed E-state index contributed by atoms with van der Waals surface area (Å²) in [5, 5.41) is 0. The van der Waals surface area contributed by atoms with Gasteiger partial charge in [-0.25, -0.2) is 4.79 Å². The van der Waals surface area contributed by atoms with Gasteiger partial charge in [-0.3, -0.25) is 0 Å². The van der Waals surface area contributed by atoms with Crippen molar-refractivity contribution >= 4 is 17.6 Å². The summed E-state index contributed by atoms with van der Waals surface area (Å²) in [5.41, 5.74) is 2.75. The van der Waals surface area contributed by atoms with E-state index >= 15 is 0 Å². The zero-order chi connectivity index (χ0) is 13.7. The van der Waals surface area contributed by atoms with Gasteiger partial charge in [-0.2, -0.15) is 0 Å². The maximum Gasteiger partial charge on any atom is 0.338 e. The molecule has 0 unspecified atom stereocenters. The van der Waals surface area contributed by atoms with E-state index in [2.05, 4.69) is 6.07 Å². The summed E-state index contributed by atoms with van der Waals surface area (Å²) in [4.78, 5) is 11.6. The Hall–Kier alpha value is -1.02. The fourth-order valence-corrected chi connectivity index (χ4v) is 3.14. The summed E-state index contributed by atoms with van der Waals surface area (Å²) < 4.78 is 4.77. The molecule has 0 heterocycles. The normalized spacial score (nSPS) is 16.3. The van der Waals surface area contributed by atoms with Crippen molar-refractivity contribution in [2.75, 3.05) is 7.11 Å². The van der Waals surface area contributed by atoms with Gasteiger partial charge < -0.3 is 4.74 Å². The Kier molecular flexibility index (Phi) is 5.26. The largest absolute Gasteiger partial charge is 0.465 e. The summed E-state index contributed by atoms with van der Waals surface area (Å²) in [6.07, 6.45) is 7.85. The molecule has 1 aliphatic rings. The molecule has 1 aromatic carbocycles. The second-order valence-corrected chi connectivity index (χ2v) is 5.59. The number of halogens is 1. The minimum Gasteiger partial charge on any atom is -0.465 e. The molecule has 104 valence electrons. The Morgan fingerprint density at radius 3 is 2.68 bits per heavy atom. The molecule has 1 aromatic rings. The SMILES string of the molecule is COC(=O)c1ccc(CC2CCCCC2)cc1CCl. The molecule has 1 fully saturated rings. The Morgan fingerprint density at radius 2 is 2.05 bits per heavy atom. The summed E-state index contributed by atoms with van der Waals surface area (Å²) in [7, 11) is 1.40. The maximum atomic E-state index is 11.6. The second kappa shape index (κ2) is 6.95. The van der Waals surface area contributed by atoms with Crippen LogP contribution in [0.2, 0.25) is 0 Å². The highest BCUT2D eigenvalue weighted by Crippen LogP contribution is 2.27. The van der Waals surface area contributed by atoms with Gasteiger partial charge in [-0.15, -0.1) is 11.6 Å². The van der Waals surface area contributed by atoms with Crippen molar-refractivity contribution in [2.24, 2.45) is 5.92 Å². The van der Waals surface area contributed by atoms with Crippen LogP contribution in [0.1, 0.15) is 53.6 Å². The van der Waals surface area contributed by atoms with Crippen molar-refractivity contribution in [3.05, 3.63) is 34.9 Å². The van der Waals surface area contributed by atoms with Crippen LogP contribution in [-0.4, -0.2) is 13.1 Å². The zero-order valence-electron chi connectivity index (χ0n) is 11.5. The molecule has 0 N–H and O–H groups in total. The highest BCUT2D eigenvalue weighted by molar-refractivity contribution is 6.17. The molecule has 19 heavy (non-hydrogen) atoms. The highest BCUT2D eigenvalue weighted by Gasteiger charge is 2.16. The lowest BCUT2D eigenvalue weighted by atomic mass is 9.84. The van der Waals surface area contributed by atoms with Crippen LogP contribution in [0, 0.1) is 5.92 Å². The van der Waals surface area contributed by atoms with E-state index in [9.17, 15) is 4.79 Å². The molecule has 0 atom stereocenters. The first-order chi connectivity index (χ1) is 9.24. The third-order valence-corrected chi connectivity index (χ3v) is 4.26. The van der Waals surface area contributed by atoms with Gasteiger partial charge in [0.1, 0.15) is 0 Å². The molecule has 2 nitrogen and oxygen atoms in total. The van der Waals surface area contributed by atoms with Crippen LogP contribution in [0.25, 0.3) is 0 Å². The molecule has 0 amide bonds. The summed E-state index contributed by atoms with van der Waals surface area (Å²) in [5.74, 6) is 0.837. The lowest BCUT2D eigenvalue weighted by Gasteiger charge is -2.21. The molecular weight excluding hydrogens is 260 g/mol. The van der Waals surface area contributed by atoms with E-state index in [0.29, 0.717) is 11.4 Å². The van der Waals surface area contributed by atoms with Crippen molar-refractivity contribution in [1.29, 1.82) is 0 Å². The molecular formula is C16H21ClO2. The maximum absolute atomic E-state index is 11.6. The number of methoxy groups -OCH3 is 1. The average Bonchev–Trinajstić information content (AvgIpc) is 2.47. The van der Waals surface area contributed by atoms with Gasteiger partial charge in [0.25, 0.3) is 0 Å². The summed E-state index contributed by atoms with van der Waals surface area (Å²) in [6, 6.07) is 5.95. The summed E-state index contributed by atoms with van der Waals surface area (Å²) >= 11 is 5.94. The first-order valence-corrected chi connectivity index (χ1v) is 7.54. The smallest absolute Gasteiger partial charge is 0.338 e. The summed E-state index contributed by atoms with van der Waals surface area (Å²) in [6.45, 7) is 0. The van der Waals surface area contributed by atoms with Crippen LogP contribution < -0.4 is 0 Å². The first-order valence-electron chi connectivity index (χ1n) is 7.00. The molecule has 0 spiro atoms. The van der Waals surface area contributed by atoms with Crippen LogP contribution in [0.5, 0.6) is 0 Å². The lowest BCUT2D eigenvalue weighted by Crippen LogP contribution is -2.10. The Balaban J connectivity index is 2.11. The van der Waals surface area contributed by atoms with Crippen LogP contribution >= 0.6 is 11.6 Å². The van der Waals surface area contributed by atoms with E-state index in [1.165, 1.54) is 44.8 Å². The number of hydrogen-bond donors (Lipinski definition) is 0. The van der Waals surface area contributed by atoms with Crippen molar-refractivity contribution < 1.29 is 9.53 Å². The van der Waals surface area contributed by atoms with Gasteiger partial charge in [0.05, 0.1) is 12.7 Å². The van der Waals surface area contributed by atoms with Crippen molar-refractivity contribution in [1.82, 2.24) is 0 Å². The molecule has 0 radical (unpaired) electrons. The predicted octanol–water partition coefficient (Wildman–Crippen LogP) is 4.33. The topological polar surface area (TPSA) is 26.3 Å². The van der Waals surface area contributed by atoms with Gasteiger partial charge in [0.15, 0.2) is 0 Å². The Bertz CT molecular complexity index is 436. The van der Waals surface area contributed by atoms with Crippen molar-refractivity contribution in [3.63, 3.8) is 0 Å². The van der Waals surface area contributed by atoms with Crippen molar-refractivity contribution in [3.8, 4) is 0 Å². The van der Waals surface area contributed by atoms with E-state index < -0.39 is 0 Å². The van der Waals surface area contributed by atoms with E-state index in [0.717, 1.165) is 17.9 Å². The van der Waals surface area contributed by atoms with E-state index in [1.807, 2.05) is 12.1 Å². The number of benzene rings is 1. The number of esters is 1. The standard InChI is InChI=1S/C16H21ClO2/c1-19-16(18)15-8-7-13(10-14(15)11-17)9-12-5-3-2-4-6-12/h7-8,10,12H,2-6,9,11H2,1H3. The van der Waals surface area contributed by atoms with Gasteiger partial charge in [0.2, 0.25) is 0 Å². The zero-order valence-corrected chi connectivity index (χ0v) is 12.2. The highest BCUT2D eigenvalue weighted by atomic mass is 35.5. The van der Waals surface area contributed by atoms with Crippen LogP contribution in [0.3, 0.4) is 0 Å². The fraction of sp³-hybridized carbons (Fsp3) is 0.562. The molecule has 0 bridgehead atoms. The van der Waals surface area contributed by atoms with Gasteiger partial charge >= 0.3 is 5.97 Å². The number of ether oxygens (including phenoxy) is 1. The number of alkyl halides is 1. The first kappa shape index (κ1) is 14.4.